The molecular formula is C13H14ClFN4. The van der Waals surface area contributed by atoms with Crippen LogP contribution in [-0.2, 0) is 13.1 Å². The van der Waals surface area contributed by atoms with Crippen LogP contribution in [-0.4, -0.2) is 9.97 Å². The fourth-order valence-corrected chi connectivity index (χ4v) is 1.92. The van der Waals surface area contributed by atoms with E-state index in [1.54, 1.807) is 19.2 Å². The van der Waals surface area contributed by atoms with Crippen molar-refractivity contribution in [2.24, 2.45) is 0 Å². The van der Waals surface area contributed by atoms with E-state index >= 15 is 0 Å². The molecule has 0 saturated carbocycles. The third-order valence-electron chi connectivity index (χ3n) is 2.99. The number of halogens is 2. The monoisotopic (exact) mass is 280 g/mol. The van der Waals surface area contributed by atoms with Gasteiger partial charge in [0.1, 0.15) is 5.82 Å². The van der Waals surface area contributed by atoms with Crippen molar-refractivity contribution in [1.29, 1.82) is 0 Å². The Morgan fingerprint density at radius 2 is 2.16 bits per heavy atom. The van der Waals surface area contributed by atoms with Crippen molar-refractivity contribution in [2.75, 3.05) is 5.32 Å². The third-order valence-corrected chi connectivity index (χ3v) is 2.99. The summed E-state index contributed by atoms with van der Waals surface area (Å²) in [6, 6.07) is 4.99. The third kappa shape index (κ3) is 2.83. The van der Waals surface area contributed by atoms with Gasteiger partial charge in [0.05, 0.1) is 5.69 Å². The topological polar surface area (TPSA) is 49.8 Å². The first-order chi connectivity index (χ1) is 8.72. The molecule has 100 valence electrons. The quantitative estimate of drug-likeness (QED) is 0.888. The summed E-state index contributed by atoms with van der Waals surface area (Å²) in [4.78, 5) is 8.61. The molecule has 1 aliphatic heterocycles. The second-order valence-electron chi connectivity index (χ2n) is 4.36. The van der Waals surface area contributed by atoms with E-state index in [0.29, 0.717) is 17.2 Å². The molecule has 1 aromatic heterocycles. The van der Waals surface area contributed by atoms with Crippen LogP contribution >= 0.6 is 12.4 Å². The number of fused-ring (bicyclic) bond motifs is 1. The van der Waals surface area contributed by atoms with Crippen LogP contribution in [0.2, 0.25) is 0 Å². The lowest BCUT2D eigenvalue weighted by molar-refractivity contribution is 0.619. The van der Waals surface area contributed by atoms with Gasteiger partial charge in [0.15, 0.2) is 0 Å². The Morgan fingerprint density at radius 3 is 2.95 bits per heavy atom. The van der Waals surface area contributed by atoms with Gasteiger partial charge in [0.25, 0.3) is 0 Å². The maximum atomic E-state index is 13.4. The maximum absolute atomic E-state index is 13.4. The summed E-state index contributed by atoms with van der Waals surface area (Å²) in [6.07, 6.45) is 1.80. The van der Waals surface area contributed by atoms with E-state index in [9.17, 15) is 4.39 Å². The molecule has 2 heterocycles. The molecule has 0 bridgehead atoms. The van der Waals surface area contributed by atoms with Crippen molar-refractivity contribution >= 4 is 24.0 Å². The smallest absolute Gasteiger partial charge is 0.227 e. The molecule has 2 aromatic rings. The van der Waals surface area contributed by atoms with Gasteiger partial charge in [-0.3, -0.25) is 0 Å². The predicted octanol–water partition coefficient (Wildman–Crippen LogP) is 2.69. The lowest BCUT2D eigenvalue weighted by Crippen LogP contribution is -2.02. The highest BCUT2D eigenvalue weighted by molar-refractivity contribution is 5.85. The van der Waals surface area contributed by atoms with E-state index in [2.05, 4.69) is 20.6 Å². The Morgan fingerprint density at radius 1 is 1.32 bits per heavy atom. The van der Waals surface area contributed by atoms with Crippen molar-refractivity contribution < 1.29 is 4.39 Å². The molecule has 3 rings (SSSR count). The van der Waals surface area contributed by atoms with Gasteiger partial charge in [-0.1, -0.05) is 6.07 Å². The molecule has 1 aromatic carbocycles. The molecule has 0 unspecified atom stereocenters. The van der Waals surface area contributed by atoms with Crippen molar-refractivity contribution in [3.8, 4) is 0 Å². The van der Waals surface area contributed by atoms with Gasteiger partial charge in [-0.05, 0) is 24.6 Å². The van der Waals surface area contributed by atoms with E-state index in [1.165, 1.54) is 6.07 Å². The highest BCUT2D eigenvalue weighted by Gasteiger charge is 2.12. The van der Waals surface area contributed by atoms with Crippen molar-refractivity contribution in [3.63, 3.8) is 0 Å². The first-order valence-corrected chi connectivity index (χ1v) is 5.81. The Labute approximate surface area is 116 Å². The summed E-state index contributed by atoms with van der Waals surface area (Å²) >= 11 is 0. The van der Waals surface area contributed by atoms with Crippen LogP contribution < -0.4 is 10.6 Å². The molecule has 0 aliphatic carbocycles. The SMILES string of the molecule is Cc1ccc(Nc2ncc3c(n2)CNC3)cc1F.Cl. The van der Waals surface area contributed by atoms with Crippen molar-refractivity contribution in [3.05, 3.63) is 47.0 Å². The number of nitrogens with zero attached hydrogens (tertiary/aromatic N) is 2. The molecule has 2 N–H and O–H groups in total. The first-order valence-electron chi connectivity index (χ1n) is 5.81. The molecule has 1 aliphatic rings. The first kappa shape index (κ1) is 13.7. The summed E-state index contributed by atoms with van der Waals surface area (Å²) in [5, 5.41) is 6.22. The largest absolute Gasteiger partial charge is 0.324 e. The van der Waals surface area contributed by atoms with Gasteiger partial charge >= 0.3 is 0 Å². The van der Waals surface area contributed by atoms with Gasteiger partial charge < -0.3 is 10.6 Å². The fraction of sp³-hybridized carbons (Fsp3) is 0.231. The molecule has 0 saturated heterocycles. The van der Waals surface area contributed by atoms with E-state index < -0.39 is 0 Å². The zero-order valence-corrected chi connectivity index (χ0v) is 11.2. The molecular weight excluding hydrogens is 267 g/mol. The van der Waals surface area contributed by atoms with E-state index in [0.717, 1.165) is 24.3 Å². The molecule has 0 atom stereocenters. The number of anilines is 2. The average Bonchev–Trinajstić information content (AvgIpc) is 2.81. The fourth-order valence-electron chi connectivity index (χ4n) is 1.92. The van der Waals surface area contributed by atoms with Crippen LogP contribution in [0.3, 0.4) is 0 Å². The van der Waals surface area contributed by atoms with Gasteiger partial charge in [-0.2, -0.15) is 0 Å². The van der Waals surface area contributed by atoms with Crippen LogP contribution in [0.25, 0.3) is 0 Å². The number of benzene rings is 1. The second kappa shape index (κ2) is 5.50. The number of rotatable bonds is 2. The number of aryl methyl sites for hydroxylation is 1. The summed E-state index contributed by atoms with van der Waals surface area (Å²) in [7, 11) is 0. The lowest BCUT2D eigenvalue weighted by atomic mass is 10.2. The summed E-state index contributed by atoms with van der Waals surface area (Å²) in [5.41, 5.74) is 3.40. The molecule has 4 nitrogen and oxygen atoms in total. The minimum absolute atomic E-state index is 0. The Balaban J connectivity index is 0.00000133. The minimum atomic E-state index is -0.233. The summed E-state index contributed by atoms with van der Waals surface area (Å²) in [6.45, 7) is 3.31. The maximum Gasteiger partial charge on any atom is 0.227 e. The summed E-state index contributed by atoms with van der Waals surface area (Å²) in [5.74, 6) is 0.267. The second-order valence-corrected chi connectivity index (χ2v) is 4.36. The van der Waals surface area contributed by atoms with E-state index in [-0.39, 0.29) is 18.2 Å². The number of hydrogen-bond donors (Lipinski definition) is 2. The Kier molecular flexibility index (Phi) is 3.97. The lowest BCUT2D eigenvalue weighted by Gasteiger charge is -2.07. The van der Waals surface area contributed by atoms with Crippen LogP contribution in [0, 0.1) is 12.7 Å². The average molecular weight is 281 g/mol. The van der Waals surface area contributed by atoms with Crippen LogP contribution in [0.5, 0.6) is 0 Å². The number of hydrogen-bond acceptors (Lipinski definition) is 4. The van der Waals surface area contributed by atoms with Crippen molar-refractivity contribution in [2.45, 2.75) is 20.0 Å². The summed E-state index contributed by atoms with van der Waals surface area (Å²) < 4.78 is 13.4. The normalized spacial score (nSPS) is 12.7. The standard InChI is InChI=1S/C13H13FN4.ClH/c1-8-2-3-10(4-11(8)14)17-13-16-6-9-5-15-7-12(9)18-13;/h2-4,6,15H,5,7H2,1H3,(H,16,17,18);1H. The van der Waals surface area contributed by atoms with Crippen LogP contribution in [0.1, 0.15) is 16.8 Å². The molecule has 0 radical (unpaired) electrons. The van der Waals surface area contributed by atoms with Gasteiger partial charge in [-0.25, -0.2) is 14.4 Å². The van der Waals surface area contributed by atoms with Crippen molar-refractivity contribution in [1.82, 2.24) is 15.3 Å². The minimum Gasteiger partial charge on any atom is -0.324 e. The Bertz CT molecular complexity index is 603. The highest BCUT2D eigenvalue weighted by Crippen LogP contribution is 2.19. The molecule has 0 fully saturated rings. The zero-order valence-electron chi connectivity index (χ0n) is 10.4. The van der Waals surface area contributed by atoms with Crippen LogP contribution in [0.15, 0.2) is 24.4 Å². The van der Waals surface area contributed by atoms with E-state index in [4.69, 9.17) is 0 Å². The number of aromatic nitrogens is 2. The number of nitrogens with one attached hydrogen (secondary N) is 2. The van der Waals surface area contributed by atoms with Gasteiger partial charge in [-0.15, -0.1) is 12.4 Å². The molecule has 0 amide bonds. The molecule has 0 spiro atoms. The predicted molar refractivity (Wildman–Crippen MR) is 74.2 cm³/mol. The molecule has 19 heavy (non-hydrogen) atoms. The van der Waals surface area contributed by atoms with Crippen LogP contribution in [0.4, 0.5) is 16.0 Å². The highest BCUT2D eigenvalue weighted by atomic mass is 35.5. The van der Waals surface area contributed by atoms with E-state index in [1.807, 2.05) is 6.07 Å². The molecule has 6 heteroatoms. The van der Waals surface area contributed by atoms with Gasteiger partial charge in [0, 0.05) is 30.5 Å². The van der Waals surface area contributed by atoms with Gasteiger partial charge in [0.2, 0.25) is 5.95 Å². The zero-order chi connectivity index (χ0) is 12.5. The Hall–Kier alpha value is -1.72.